The zero-order valence-corrected chi connectivity index (χ0v) is 17.6. The van der Waals surface area contributed by atoms with Gasteiger partial charge in [-0.05, 0) is 53.2 Å². The molecule has 168 valence electrons. The Hall–Kier alpha value is -4.09. The highest BCUT2D eigenvalue weighted by Gasteiger charge is 2.55. The average molecular weight is 447 g/mol. The van der Waals surface area contributed by atoms with Crippen molar-refractivity contribution < 1.29 is 14.0 Å². The molecule has 0 bridgehead atoms. The van der Waals surface area contributed by atoms with Gasteiger partial charge < -0.3 is 14.6 Å². The van der Waals surface area contributed by atoms with E-state index in [1.807, 2.05) is 11.0 Å². The van der Waals surface area contributed by atoms with Crippen LogP contribution in [-0.2, 0) is 0 Å². The van der Waals surface area contributed by atoms with Crippen molar-refractivity contribution >= 4 is 22.8 Å². The molecular weight excluding hydrogens is 426 g/mol. The summed E-state index contributed by atoms with van der Waals surface area (Å²) in [6.07, 6.45) is 9.08. The van der Waals surface area contributed by atoms with Crippen molar-refractivity contribution in [3.05, 3.63) is 48.4 Å². The van der Waals surface area contributed by atoms with Crippen molar-refractivity contribution in [2.75, 3.05) is 19.6 Å². The standard InChI is InChI=1S/C21H21N9O3/c31-19(16-7-13-1-4-22-11-17(13)33-16)23-9-14-8-21(14)2-5-29(6-3-21)20(32)15-10-24-26-18(15)30-12-25-27-28-30/h1,4,7,10-12,14H,2-3,5-6,8-9H2,(H,23,31)(H,24,26). The van der Waals surface area contributed by atoms with Crippen LogP contribution in [0.3, 0.4) is 0 Å². The minimum Gasteiger partial charge on any atom is -0.449 e. The first kappa shape index (κ1) is 19.6. The van der Waals surface area contributed by atoms with Crippen LogP contribution in [-0.4, -0.2) is 71.7 Å². The Morgan fingerprint density at radius 1 is 1.27 bits per heavy atom. The summed E-state index contributed by atoms with van der Waals surface area (Å²) in [6.45, 7) is 1.94. The summed E-state index contributed by atoms with van der Waals surface area (Å²) >= 11 is 0. The van der Waals surface area contributed by atoms with Gasteiger partial charge in [0.05, 0.1) is 12.4 Å². The van der Waals surface area contributed by atoms with Crippen molar-refractivity contribution in [2.24, 2.45) is 11.3 Å². The third-order valence-corrected chi connectivity index (χ3v) is 6.89. The third kappa shape index (κ3) is 3.43. The molecule has 1 spiro atoms. The maximum absolute atomic E-state index is 13.0. The van der Waals surface area contributed by atoms with Gasteiger partial charge >= 0.3 is 0 Å². The summed E-state index contributed by atoms with van der Waals surface area (Å²) < 4.78 is 6.98. The number of carbonyl (C=O) groups is 2. The Labute approximate surface area is 187 Å². The lowest BCUT2D eigenvalue weighted by atomic mass is 9.90. The smallest absolute Gasteiger partial charge is 0.287 e. The summed E-state index contributed by atoms with van der Waals surface area (Å²) in [5.41, 5.74) is 1.24. The number of likely N-dealkylation sites (tertiary alicyclic amines) is 1. The van der Waals surface area contributed by atoms with Gasteiger partial charge in [-0.15, -0.1) is 5.10 Å². The average Bonchev–Trinajstić information content (AvgIpc) is 3.37. The first-order chi connectivity index (χ1) is 16.1. The lowest BCUT2D eigenvalue weighted by Crippen LogP contribution is -2.40. The molecule has 6 rings (SSSR count). The van der Waals surface area contributed by atoms with Gasteiger partial charge in [0.25, 0.3) is 11.8 Å². The van der Waals surface area contributed by atoms with Crippen molar-refractivity contribution in [1.82, 2.24) is 45.6 Å². The molecule has 1 atom stereocenters. The number of aromatic nitrogens is 7. The Morgan fingerprint density at radius 3 is 2.94 bits per heavy atom. The molecule has 0 radical (unpaired) electrons. The highest BCUT2D eigenvalue weighted by Crippen LogP contribution is 2.59. The third-order valence-electron chi connectivity index (χ3n) is 6.89. The molecule has 33 heavy (non-hydrogen) atoms. The van der Waals surface area contributed by atoms with E-state index in [0.717, 1.165) is 24.6 Å². The zero-order valence-electron chi connectivity index (χ0n) is 17.6. The van der Waals surface area contributed by atoms with Gasteiger partial charge in [-0.1, -0.05) is 0 Å². The zero-order chi connectivity index (χ0) is 22.4. The monoisotopic (exact) mass is 447 g/mol. The van der Waals surface area contributed by atoms with Crippen molar-refractivity contribution in [3.63, 3.8) is 0 Å². The van der Waals surface area contributed by atoms with Gasteiger partial charge in [-0.25, -0.2) is 0 Å². The first-order valence-corrected chi connectivity index (χ1v) is 10.8. The number of nitrogens with one attached hydrogen (secondary N) is 2. The number of carbonyl (C=O) groups excluding carboxylic acids is 2. The van der Waals surface area contributed by atoms with Crippen molar-refractivity contribution in [2.45, 2.75) is 19.3 Å². The van der Waals surface area contributed by atoms with E-state index in [1.54, 1.807) is 18.5 Å². The van der Waals surface area contributed by atoms with Crippen LogP contribution in [0.1, 0.15) is 40.2 Å². The number of aromatic amines is 1. The summed E-state index contributed by atoms with van der Waals surface area (Å²) in [5, 5.41) is 21.7. The lowest BCUT2D eigenvalue weighted by Gasteiger charge is -2.33. The molecule has 5 heterocycles. The number of hydrogen-bond donors (Lipinski definition) is 2. The lowest BCUT2D eigenvalue weighted by molar-refractivity contribution is 0.0668. The van der Waals surface area contributed by atoms with Gasteiger partial charge in [0, 0.05) is 31.2 Å². The molecule has 1 aliphatic heterocycles. The number of nitrogens with zero attached hydrogens (tertiary/aromatic N) is 7. The SMILES string of the molecule is O=C(NCC1CC12CCN(C(=O)c1cn[nH]c1-n1cnnn1)CC2)c1cc2ccncc2o1. The fourth-order valence-electron chi connectivity index (χ4n) is 4.83. The van der Waals surface area contributed by atoms with Gasteiger partial charge in [0.2, 0.25) is 0 Å². The predicted molar refractivity (Wildman–Crippen MR) is 113 cm³/mol. The van der Waals surface area contributed by atoms with Gasteiger partial charge in [-0.3, -0.25) is 19.7 Å². The minimum atomic E-state index is -0.212. The Kier molecular flexibility index (Phi) is 4.45. The molecule has 1 unspecified atom stereocenters. The molecule has 4 aromatic rings. The van der Waals surface area contributed by atoms with Gasteiger partial charge in [0.15, 0.2) is 17.2 Å². The fraction of sp³-hybridized carbons (Fsp3) is 0.381. The maximum Gasteiger partial charge on any atom is 0.287 e. The Balaban J connectivity index is 1.04. The number of hydrogen-bond acceptors (Lipinski definition) is 8. The number of H-pyrrole nitrogens is 1. The minimum absolute atomic E-state index is 0.0889. The quantitative estimate of drug-likeness (QED) is 0.464. The number of piperidine rings is 1. The molecule has 2 N–H and O–H groups in total. The van der Waals surface area contributed by atoms with E-state index >= 15 is 0 Å². The molecule has 12 heteroatoms. The van der Waals surface area contributed by atoms with E-state index < -0.39 is 0 Å². The summed E-state index contributed by atoms with van der Waals surface area (Å²) in [6, 6.07) is 3.55. The summed E-state index contributed by atoms with van der Waals surface area (Å²) in [5.74, 6) is 0.866. The molecular formula is C21H21N9O3. The van der Waals surface area contributed by atoms with Crippen LogP contribution in [0.5, 0.6) is 0 Å². The number of rotatable bonds is 5. The summed E-state index contributed by atoms with van der Waals surface area (Å²) in [7, 11) is 0. The fourth-order valence-corrected chi connectivity index (χ4v) is 4.83. The molecule has 2 fully saturated rings. The first-order valence-electron chi connectivity index (χ1n) is 10.8. The molecule has 4 aromatic heterocycles. The van der Waals surface area contributed by atoms with E-state index in [4.69, 9.17) is 4.42 Å². The van der Waals surface area contributed by atoms with Crippen LogP contribution in [0.25, 0.3) is 16.8 Å². The number of pyridine rings is 1. The topological polar surface area (TPSA) is 148 Å². The highest BCUT2D eigenvalue weighted by molar-refractivity contribution is 5.97. The van der Waals surface area contributed by atoms with Gasteiger partial charge in [-0.2, -0.15) is 9.78 Å². The Bertz CT molecular complexity index is 1280. The second-order valence-electron chi connectivity index (χ2n) is 8.68. The van der Waals surface area contributed by atoms with Crippen LogP contribution in [0.15, 0.2) is 41.5 Å². The molecule has 1 aliphatic carbocycles. The highest BCUT2D eigenvalue weighted by atomic mass is 16.3. The van der Waals surface area contributed by atoms with Crippen molar-refractivity contribution in [3.8, 4) is 5.82 Å². The Morgan fingerprint density at radius 2 is 2.15 bits per heavy atom. The number of amides is 2. The molecule has 12 nitrogen and oxygen atoms in total. The number of tetrazole rings is 1. The van der Waals surface area contributed by atoms with Crippen LogP contribution in [0.2, 0.25) is 0 Å². The second kappa shape index (κ2) is 7.50. The number of furan rings is 1. The number of fused-ring (bicyclic) bond motifs is 1. The van der Waals surface area contributed by atoms with E-state index in [9.17, 15) is 9.59 Å². The molecule has 0 aromatic carbocycles. The van der Waals surface area contributed by atoms with Crippen molar-refractivity contribution in [1.29, 1.82) is 0 Å². The largest absolute Gasteiger partial charge is 0.449 e. The van der Waals surface area contributed by atoms with Crippen LogP contribution in [0.4, 0.5) is 0 Å². The maximum atomic E-state index is 13.0. The molecule has 2 amide bonds. The summed E-state index contributed by atoms with van der Waals surface area (Å²) in [4.78, 5) is 31.4. The van der Waals surface area contributed by atoms with E-state index in [1.165, 1.54) is 17.2 Å². The van der Waals surface area contributed by atoms with Gasteiger partial charge in [0.1, 0.15) is 11.9 Å². The molecule has 1 saturated carbocycles. The predicted octanol–water partition coefficient (Wildman–Crippen LogP) is 1.20. The normalized spacial score (nSPS) is 19.2. The van der Waals surface area contributed by atoms with Crippen LogP contribution < -0.4 is 5.32 Å². The van der Waals surface area contributed by atoms with Crippen LogP contribution in [0, 0.1) is 11.3 Å². The van der Waals surface area contributed by atoms with E-state index in [0.29, 0.717) is 48.3 Å². The molecule has 2 aliphatic rings. The van der Waals surface area contributed by atoms with E-state index in [2.05, 4.69) is 36.0 Å². The van der Waals surface area contributed by atoms with Crippen LogP contribution >= 0.6 is 0 Å². The van der Waals surface area contributed by atoms with E-state index in [-0.39, 0.29) is 17.2 Å². The molecule has 1 saturated heterocycles. The second-order valence-corrected chi connectivity index (χ2v) is 8.68.